The molecule has 0 radical (unpaired) electrons. The average Bonchev–Trinajstić information content (AvgIpc) is 3.27. The summed E-state index contributed by atoms with van der Waals surface area (Å²) in [7, 11) is 0. The number of hydrogen-bond donors (Lipinski definition) is 0. The summed E-state index contributed by atoms with van der Waals surface area (Å²) >= 11 is 0. The Morgan fingerprint density at radius 2 is 1.70 bits per heavy atom. The fourth-order valence-electron chi connectivity index (χ4n) is 5.69. The van der Waals surface area contributed by atoms with Crippen molar-refractivity contribution in [1.29, 1.82) is 0 Å². The summed E-state index contributed by atoms with van der Waals surface area (Å²) in [4.78, 5) is 18.5. The van der Waals surface area contributed by atoms with Gasteiger partial charge in [-0.15, -0.1) is 0 Å². The Kier molecular flexibility index (Phi) is 11.8. The zero-order chi connectivity index (χ0) is 27.9. The molecule has 1 aliphatic rings. The second-order valence-electron chi connectivity index (χ2n) is 12.6. The molecule has 40 heavy (non-hydrogen) atoms. The average molecular weight is 547 g/mol. The highest BCUT2D eigenvalue weighted by molar-refractivity contribution is 5.95. The van der Waals surface area contributed by atoms with Crippen LogP contribution in [0.3, 0.4) is 0 Å². The highest BCUT2D eigenvalue weighted by Gasteiger charge is 2.22. The summed E-state index contributed by atoms with van der Waals surface area (Å²) in [5.74, 6) is 1.29. The largest absolute Gasteiger partial charge is 0.339 e. The number of carbonyl (C=O) groups is 1. The number of carbonyl (C=O) groups excluding carboxylic acids is 1. The number of piperidine rings is 1. The SMILES string of the molecule is C.Cc1ccc(-c2nn3ccc(C(=O)N(CCC(C)C)CCC(C)C)cc3c2CCCN2CCCCC2C)cc1. The van der Waals surface area contributed by atoms with E-state index in [1.165, 1.54) is 36.9 Å². The van der Waals surface area contributed by atoms with Gasteiger partial charge in [0.1, 0.15) is 0 Å². The zero-order valence-corrected chi connectivity index (χ0v) is 25.2. The van der Waals surface area contributed by atoms with Gasteiger partial charge in [0.15, 0.2) is 0 Å². The Labute approximate surface area is 244 Å². The van der Waals surface area contributed by atoms with Crippen LogP contribution in [-0.2, 0) is 6.42 Å². The lowest BCUT2D eigenvalue weighted by Gasteiger charge is -2.33. The first-order chi connectivity index (χ1) is 18.7. The second-order valence-corrected chi connectivity index (χ2v) is 12.6. The van der Waals surface area contributed by atoms with E-state index in [4.69, 9.17) is 5.10 Å². The van der Waals surface area contributed by atoms with Gasteiger partial charge in [0.2, 0.25) is 0 Å². The van der Waals surface area contributed by atoms with Gasteiger partial charge >= 0.3 is 0 Å². The number of fused-ring (bicyclic) bond motifs is 1. The molecular weight excluding hydrogens is 492 g/mol. The molecule has 0 aliphatic carbocycles. The van der Waals surface area contributed by atoms with Crippen molar-refractivity contribution in [1.82, 2.24) is 19.4 Å². The second kappa shape index (κ2) is 14.8. The third-order valence-corrected chi connectivity index (χ3v) is 8.36. The maximum absolute atomic E-state index is 13.8. The Morgan fingerprint density at radius 3 is 2.33 bits per heavy atom. The number of hydrogen-bond acceptors (Lipinski definition) is 3. The van der Waals surface area contributed by atoms with Crippen molar-refractivity contribution in [3.8, 4) is 11.3 Å². The van der Waals surface area contributed by atoms with Crippen LogP contribution in [0.2, 0.25) is 0 Å². The molecule has 1 aliphatic heterocycles. The maximum Gasteiger partial charge on any atom is 0.253 e. The van der Waals surface area contributed by atoms with Crippen LogP contribution >= 0.6 is 0 Å². The predicted octanol–water partition coefficient (Wildman–Crippen LogP) is 8.29. The molecule has 3 heterocycles. The molecule has 5 heteroatoms. The van der Waals surface area contributed by atoms with E-state index in [-0.39, 0.29) is 13.3 Å². The quantitative estimate of drug-likeness (QED) is 0.229. The molecule has 4 rings (SSSR count). The summed E-state index contributed by atoms with van der Waals surface area (Å²) in [6.45, 7) is 17.3. The molecule has 1 fully saturated rings. The molecule has 5 nitrogen and oxygen atoms in total. The fourth-order valence-corrected chi connectivity index (χ4v) is 5.69. The normalized spacial score (nSPS) is 16.1. The van der Waals surface area contributed by atoms with Crippen molar-refractivity contribution in [3.05, 3.63) is 59.3 Å². The predicted molar refractivity (Wildman–Crippen MR) is 170 cm³/mol. The number of rotatable bonds is 12. The van der Waals surface area contributed by atoms with Crippen LogP contribution < -0.4 is 0 Å². The summed E-state index contributed by atoms with van der Waals surface area (Å²) in [6, 6.07) is 13.4. The molecule has 1 unspecified atom stereocenters. The molecule has 220 valence electrons. The van der Waals surface area contributed by atoms with E-state index < -0.39 is 0 Å². The Morgan fingerprint density at radius 1 is 1.02 bits per heavy atom. The lowest BCUT2D eigenvalue weighted by Crippen LogP contribution is -2.38. The van der Waals surface area contributed by atoms with E-state index in [1.807, 2.05) is 16.8 Å². The van der Waals surface area contributed by atoms with E-state index in [1.54, 1.807) is 0 Å². The summed E-state index contributed by atoms with van der Waals surface area (Å²) in [5.41, 5.74) is 6.54. The van der Waals surface area contributed by atoms with Crippen LogP contribution in [0.4, 0.5) is 0 Å². The van der Waals surface area contributed by atoms with Crippen molar-refractivity contribution in [2.24, 2.45) is 11.8 Å². The molecule has 1 amide bonds. The van der Waals surface area contributed by atoms with Gasteiger partial charge in [-0.1, -0.05) is 71.4 Å². The molecule has 3 aromatic rings. The highest BCUT2D eigenvalue weighted by atomic mass is 16.2. The van der Waals surface area contributed by atoms with Gasteiger partial charge in [0.25, 0.3) is 5.91 Å². The Balaban J connectivity index is 0.00000441. The van der Waals surface area contributed by atoms with Crippen LogP contribution in [0.5, 0.6) is 0 Å². The topological polar surface area (TPSA) is 40.9 Å². The van der Waals surface area contributed by atoms with Crippen LogP contribution in [0, 0.1) is 18.8 Å². The summed E-state index contributed by atoms with van der Waals surface area (Å²) < 4.78 is 1.98. The Hall–Kier alpha value is -2.66. The van der Waals surface area contributed by atoms with Gasteiger partial charge in [0.05, 0.1) is 11.2 Å². The first-order valence-electron chi connectivity index (χ1n) is 15.3. The minimum atomic E-state index is 0. The van der Waals surface area contributed by atoms with Crippen LogP contribution in [0.1, 0.15) is 102 Å². The first kappa shape index (κ1) is 31.9. The van der Waals surface area contributed by atoms with E-state index in [9.17, 15) is 4.79 Å². The van der Waals surface area contributed by atoms with E-state index in [2.05, 4.69) is 81.7 Å². The van der Waals surface area contributed by atoms with Gasteiger partial charge in [-0.05, 0) is 89.4 Å². The smallest absolute Gasteiger partial charge is 0.253 e. The van der Waals surface area contributed by atoms with E-state index >= 15 is 0 Å². The van der Waals surface area contributed by atoms with Crippen LogP contribution in [-0.4, -0.2) is 57.5 Å². The number of benzene rings is 1. The molecule has 0 saturated carbocycles. The number of aromatic nitrogens is 2. The number of likely N-dealkylation sites (tertiary alicyclic amines) is 1. The monoisotopic (exact) mass is 546 g/mol. The van der Waals surface area contributed by atoms with Crippen LogP contribution in [0.25, 0.3) is 16.8 Å². The van der Waals surface area contributed by atoms with Crippen molar-refractivity contribution >= 4 is 11.4 Å². The fraction of sp³-hybridized carbons (Fsp3) is 0.600. The number of nitrogens with zero attached hydrogens (tertiary/aromatic N) is 4. The lowest BCUT2D eigenvalue weighted by atomic mass is 9.99. The molecular formula is C35H54N4O. The standard InChI is InChI=1S/C34H50N4O.CH4/c1-25(2)16-21-37(22-17-26(3)4)34(39)30-18-23-38-32(24-30)31(11-9-20-36-19-8-7-10-28(36)6)33(35-38)29-14-12-27(5)13-15-29;/h12-15,18,23-26,28H,7-11,16-17,19-22H2,1-6H3;1H4. The first-order valence-corrected chi connectivity index (χ1v) is 15.3. The third-order valence-electron chi connectivity index (χ3n) is 8.36. The molecule has 1 saturated heterocycles. The zero-order valence-electron chi connectivity index (χ0n) is 25.2. The molecule has 2 aromatic heterocycles. The lowest BCUT2D eigenvalue weighted by molar-refractivity contribution is 0.0741. The van der Waals surface area contributed by atoms with E-state index in [0.29, 0.717) is 17.9 Å². The minimum absolute atomic E-state index is 0. The minimum Gasteiger partial charge on any atom is -0.339 e. The third kappa shape index (κ3) is 8.19. The number of pyridine rings is 1. The van der Waals surface area contributed by atoms with Gasteiger partial charge in [-0.3, -0.25) is 4.79 Å². The molecule has 0 spiro atoms. The van der Waals surface area contributed by atoms with Crippen molar-refractivity contribution in [2.75, 3.05) is 26.2 Å². The maximum atomic E-state index is 13.8. The number of amides is 1. The highest BCUT2D eigenvalue weighted by Crippen LogP contribution is 2.29. The summed E-state index contributed by atoms with van der Waals surface area (Å²) in [6.07, 6.45) is 10.1. The van der Waals surface area contributed by atoms with Gasteiger partial charge in [-0.2, -0.15) is 5.10 Å². The van der Waals surface area contributed by atoms with E-state index in [0.717, 1.165) is 67.7 Å². The van der Waals surface area contributed by atoms with Crippen LogP contribution in [0.15, 0.2) is 42.6 Å². The van der Waals surface area contributed by atoms with Crippen molar-refractivity contribution in [3.63, 3.8) is 0 Å². The van der Waals surface area contributed by atoms with Crippen molar-refractivity contribution in [2.45, 2.75) is 100.0 Å². The molecule has 1 atom stereocenters. The molecule has 1 aromatic carbocycles. The number of aryl methyl sites for hydroxylation is 2. The van der Waals surface area contributed by atoms with Gasteiger partial charge < -0.3 is 9.80 Å². The summed E-state index contributed by atoms with van der Waals surface area (Å²) in [5, 5.41) is 5.04. The van der Waals surface area contributed by atoms with Crippen molar-refractivity contribution < 1.29 is 4.79 Å². The van der Waals surface area contributed by atoms with Gasteiger partial charge in [0, 0.05) is 42.0 Å². The molecule has 0 bridgehead atoms. The molecule has 0 N–H and O–H groups in total. The Bertz CT molecular complexity index is 1200. The van der Waals surface area contributed by atoms with Gasteiger partial charge in [-0.25, -0.2) is 4.52 Å².